The molecule has 2 heterocycles. The Labute approximate surface area is 171 Å². The summed E-state index contributed by atoms with van der Waals surface area (Å²) in [6, 6.07) is 18.8. The summed E-state index contributed by atoms with van der Waals surface area (Å²) in [5.74, 6) is 0.986. The SMILES string of the molecule is COc1ccccc1CN1CCCN(Cc2csc(-c3ccccc3)n2)CC1. The molecule has 0 unspecified atom stereocenters. The molecular weight excluding hydrogens is 366 g/mol. The maximum atomic E-state index is 5.51. The Kier molecular flexibility index (Phi) is 6.37. The third-order valence-corrected chi connectivity index (χ3v) is 6.17. The van der Waals surface area contributed by atoms with E-state index in [1.165, 1.54) is 23.2 Å². The van der Waals surface area contributed by atoms with Crippen molar-refractivity contribution in [1.29, 1.82) is 0 Å². The maximum Gasteiger partial charge on any atom is 0.123 e. The second-order valence-electron chi connectivity index (χ2n) is 7.23. The molecule has 1 aromatic heterocycles. The van der Waals surface area contributed by atoms with E-state index in [1.807, 2.05) is 18.2 Å². The van der Waals surface area contributed by atoms with E-state index in [4.69, 9.17) is 9.72 Å². The van der Waals surface area contributed by atoms with Gasteiger partial charge in [0.05, 0.1) is 12.8 Å². The van der Waals surface area contributed by atoms with E-state index in [-0.39, 0.29) is 0 Å². The molecule has 1 aliphatic rings. The van der Waals surface area contributed by atoms with E-state index >= 15 is 0 Å². The molecule has 0 bridgehead atoms. The molecule has 4 rings (SSSR count). The number of hydrogen-bond acceptors (Lipinski definition) is 5. The van der Waals surface area contributed by atoms with Crippen LogP contribution in [0.25, 0.3) is 10.6 Å². The smallest absolute Gasteiger partial charge is 0.123 e. The first-order valence-corrected chi connectivity index (χ1v) is 10.8. The average molecular weight is 394 g/mol. The number of ether oxygens (including phenoxy) is 1. The van der Waals surface area contributed by atoms with Crippen molar-refractivity contribution in [3.8, 4) is 16.3 Å². The van der Waals surface area contributed by atoms with Crippen LogP contribution < -0.4 is 4.74 Å². The van der Waals surface area contributed by atoms with Gasteiger partial charge in [-0.25, -0.2) is 4.98 Å². The molecular formula is C23H27N3OS. The van der Waals surface area contributed by atoms with Crippen molar-refractivity contribution >= 4 is 11.3 Å². The number of rotatable bonds is 6. The van der Waals surface area contributed by atoms with Crippen LogP contribution in [0.5, 0.6) is 5.75 Å². The van der Waals surface area contributed by atoms with Gasteiger partial charge >= 0.3 is 0 Å². The topological polar surface area (TPSA) is 28.6 Å². The van der Waals surface area contributed by atoms with Crippen LogP contribution in [0, 0.1) is 0 Å². The van der Waals surface area contributed by atoms with Gasteiger partial charge in [0, 0.05) is 42.7 Å². The molecule has 0 saturated carbocycles. The van der Waals surface area contributed by atoms with Crippen LogP contribution in [0.15, 0.2) is 60.0 Å². The number of hydrogen-bond donors (Lipinski definition) is 0. The average Bonchev–Trinajstić information content (AvgIpc) is 3.10. The molecule has 0 amide bonds. The van der Waals surface area contributed by atoms with Crippen LogP contribution in [0.4, 0.5) is 0 Å². The fourth-order valence-electron chi connectivity index (χ4n) is 3.74. The van der Waals surface area contributed by atoms with Crippen LogP contribution in [-0.4, -0.2) is 48.1 Å². The van der Waals surface area contributed by atoms with E-state index in [2.05, 4.69) is 51.6 Å². The van der Waals surface area contributed by atoms with Crippen LogP contribution in [0.1, 0.15) is 17.7 Å². The summed E-state index contributed by atoms with van der Waals surface area (Å²) in [5, 5.41) is 3.32. The largest absolute Gasteiger partial charge is 0.496 e. The van der Waals surface area contributed by atoms with Gasteiger partial charge in [-0.3, -0.25) is 9.80 Å². The molecule has 0 aliphatic carbocycles. The zero-order valence-electron chi connectivity index (χ0n) is 16.4. The molecule has 5 heteroatoms. The number of thiazole rings is 1. The van der Waals surface area contributed by atoms with E-state index in [0.29, 0.717) is 0 Å². The molecule has 0 radical (unpaired) electrons. The maximum absolute atomic E-state index is 5.51. The first-order valence-electron chi connectivity index (χ1n) is 9.88. The summed E-state index contributed by atoms with van der Waals surface area (Å²) in [4.78, 5) is 9.93. The van der Waals surface area contributed by atoms with Gasteiger partial charge in [0.25, 0.3) is 0 Å². The number of benzene rings is 2. The highest BCUT2D eigenvalue weighted by Crippen LogP contribution is 2.24. The van der Waals surface area contributed by atoms with Gasteiger partial charge in [0.1, 0.15) is 10.8 Å². The van der Waals surface area contributed by atoms with Crippen molar-refractivity contribution in [2.75, 3.05) is 33.3 Å². The molecule has 4 nitrogen and oxygen atoms in total. The first-order chi connectivity index (χ1) is 13.8. The standard InChI is InChI=1S/C23H27N3OS/c1-27-22-11-6-5-10-20(22)16-25-12-7-13-26(15-14-25)17-21-18-28-23(24-21)19-8-3-2-4-9-19/h2-6,8-11,18H,7,12-17H2,1H3. The number of methoxy groups -OCH3 is 1. The Bertz CT molecular complexity index is 880. The Hall–Kier alpha value is -2.21. The molecule has 28 heavy (non-hydrogen) atoms. The van der Waals surface area contributed by atoms with Crippen molar-refractivity contribution in [3.63, 3.8) is 0 Å². The van der Waals surface area contributed by atoms with E-state index in [9.17, 15) is 0 Å². The minimum absolute atomic E-state index is 0.936. The number of nitrogens with zero attached hydrogens (tertiary/aromatic N) is 3. The van der Waals surface area contributed by atoms with Crippen LogP contribution in [0.2, 0.25) is 0 Å². The molecule has 0 atom stereocenters. The van der Waals surface area contributed by atoms with Gasteiger partial charge in [-0.15, -0.1) is 11.3 Å². The lowest BCUT2D eigenvalue weighted by Gasteiger charge is -2.22. The molecule has 3 aromatic rings. The van der Waals surface area contributed by atoms with Gasteiger partial charge in [0.15, 0.2) is 0 Å². The van der Waals surface area contributed by atoms with Gasteiger partial charge in [0.2, 0.25) is 0 Å². The van der Waals surface area contributed by atoms with Gasteiger partial charge in [-0.05, 0) is 25.6 Å². The van der Waals surface area contributed by atoms with E-state index in [0.717, 1.165) is 50.0 Å². The minimum Gasteiger partial charge on any atom is -0.496 e. The second kappa shape index (κ2) is 9.32. The third-order valence-electron chi connectivity index (χ3n) is 5.23. The highest BCUT2D eigenvalue weighted by atomic mass is 32.1. The highest BCUT2D eigenvalue weighted by molar-refractivity contribution is 7.13. The summed E-state index contributed by atoms with van der Waals surface area (Å²) in [6.07, 6.45) is 1.19. The predicted octanol–water partition coefficient (Wildman–Crippen LogP) is 4.53. The Morgan fingerprint density at radius 1 is 0.893 bits per heavy atom. The fourth-order valence-corrected chi connectivity index (χ4v) is 4.55. The number of aromatic nitrogens is 1. The summed E-state index contributed by atoms with van der Waals surface area (Å²) in [5.41, 5.74) is 3.66. The van der Waals surface area contributed by atoms with Crippen LogP contribution in [0.3, 0.4) is 0 Å². The van der Waals surface area contributed by atoms with Crippen LogP contribution >= 0.6 is 11.3 Å². The lowest BCUT2D eigenvalue weighted by atomic mass is 10.2. The van der Waals surface area contributed by atoms with Crippen molar-refractivity contribution in [3.05, 3.63) is 71.2 Å². The zero-order chi connectivity index (χ0) is 19.2. The summed E-state index contributed by atoms with van der Waals surface area (Å²) in [7, 11) is 1.75. The van der Waals surface area contributed by atoms with Gasteiger partial charge in [-0.2, -0.15) is 0 Å². The van der Waals surface area contributed by atoms with Crippen molar-refractivity contribution in [2.24, 2.45) is 0 Å². The molecule has 1 aliphatic heterocycles. The Morgan fingerprint density at radius 3 is 2.39 bits per heavy atom. The van der Waals surface area contributed by atoms with Crippen molar-refractivity contribution < 1.29 is 4.74 Å². The van der Waals surface area contributed by atoms with E-state index < -0.39 is 0 Å². The zero-order valence-corrected chi connectivity index (χ0v) is 17.2. The minimum atomic E-state index is 0.936. The number of para-hydroxylation sites is 1. The molecule has 1 saturated heterocycles. The quantitative estimate of drug-likeness (QED) is 0.615. The Morgan fingerprint density at radius 2 is 1.61 bits per heavy atom. The van der Waals surface area contributed by atoms with Crippen molar-refractivity contribution in [1.82, 2.24) is 14.8 Å². The lowest BCUT2D eigenvalue weighted by molar-refractivity contribution is 0.244. The fraction of sp³-hybridized carbons (Fsp3) is 0.348. The summed E-state index contributed by atoms with van der Waals surface area (Å²) < 4.78 is 5.51. The van der Waals surface area contributed by atoms with Gasteiger partial charge < -0.3 is 4.74 Å². The highest BCUT2D eigenvalue weighted by Gasteiger charge is 2.17. The second-order valence-corrected chi connectivity index (χ2v) is 8.09. The Balaban J connectivity index is 1.34. The monoisotopic (exact) mass is 393 g/mol. The summed E-state index contributed by atoms with van der Waals surface area (Å²) >= 11 is 1.74. The third kappa shape index (κ3) is 4.79. The molecule has 0 N–H and O–H groups in total. The predicted molar refractivity (Wildman–Crippen MR) is 116 cm³/mol. The normalized spacial score (nSPS) is 16.0. The summed E-state index contributed by atoms with van der Waals surface area (Å²) in [6.45, 7) is 6.29. The van der Waals surface area contributed by atoms with Gasteiger partial charge in [-0.1, -0.05) is 48.5 Å². The molecule has 0 spiro atoms. The first kappa shape index (κ1) is 19.1. The van der Waals surface area contributed by atoms with Crippen LogP contribution in [-0.2, 0) is 13.1 Å². The van der Waals surface area contributed by atoms with Crippen molar-refractivity contribution in [2.45, 2.75) is 19.5 Å². The molecule has 146 valence electrons. The lowest BCUT2D eigenvalue weighted by Crippen LogP contribution is -2.30. The molecule has 2 aromatic carbocycles. The van der Waals surface area contributed by atoms with E-state index in [1.54, 1.807) is 18.4 Å². The molecule has 1 fully saturated rings.